The predicted molar refractivity (Wildman–Crippen MR) is 79.9 cm³/mol. The molecular weight excluding hydrogens is 232 g/mol. The van der Waals surface area contributed by atoms with Crippen molar-refractivity contribution in [2.75, 3.05) is 0 Å². The maximum atomic E-state index is 9.82. The molecule has 3 aliphatic carbocycles. The van der Waals surface area contributed by atoms with Gasteiger partial charge >= 0.3 is 0 Å². The molecule has 0 amide bonds. The summed E-state index contributed by atoms with van der Waals surface area (Å²) in [5.41, 5.74) is 0. The van der Waals surface area contributed by atoms with Crippen LogP contribution < -0.4 is 0 Å². The average Bonchev–Trinajstić information content (AvgIpc) is 2.47. The molecule has 1 nitrogen and oxygen atoms in total. The minimum atomic E-state index is 0.0257. The standard InChI is InChI=1S/C18H32O/c1-2-13-3-5-14(6-4-13)15-7-8-17-12-18(19)10-9-16(17)11-15/h13-19H,2-12H2,1H3. The Bertz CT molecular complexity index is 279. The molecule has 4 atom stereocenters. The summed E-state index contributed by atoms with van der Waals surface area (Å²) in [5, 5.41) is 9.82. The minimum absolute atomic E-state index is 0.0257. The van der Waals surface area contributed by atoms with Crippen LogP contribution >= 0.6 is 0 Å². The van der Waals surface area contributed by atoms with E-state index in [0.717, 1.165) is 42.4 Å². The van der Waals surface area contributed by atoms with Crippen LogP contribution in [0.2, 0.25) is 0 Å². The van der Waals surface area contributed by atoms with Crippen LogP contribution in [0, 0.1) is 29.6 Å². The summed E-state index contributed by atoms with van der Waals surface area (Å²) in [7, 11) is 0. The summed E-state index contributed by atoms with van der Waals surface area (Å²) < 4.78 is 0. The van der Waals surface area contributed by atoms with Gasteiger partial charge in [0, 0.05) is 0 Å². The van der Waals surface area contributed by atoms with E-state index in [0.29, 0.717) is 0 Å². The van der Waals surface area contributed by atoms with Crippen molar-refractivity contribution >= 4 is 0 Å². The molecule has 0 heterocycles. The maximum absolute atomic E-state index is 9.82. The number of aliphatic hydroxyl groups is 1. The highest BCUT2D eigenvalue weighted by molar-refractivity contribution is 4.89. The number of aliphatic hydroxyl groups excluding tert-OH is 1. The molecule has 19 heavy (non-hydrogen) atoms. The van der Waals surface area contributed by atoms with Gasteiger partial charge in [-0.2, -0.15) is 0 Å². The summed E-state index contributed by atoms with van der Waals surface area (Å²) in [4.78, 5) is 0. The van der Waals surface area contributed by atoms with E-state index in [4.69, 9.17) is 0 Å². The Morgan fingerprint density at radius 3 is 1.89 bits per heavy atom. The number of rotatable bonds is 2. The first-order valence-corrected chi connectivity index (χ1v) is 8.94. The Morgan fingerprint density at radius 2 is 1.21 bits per heavy atom. The van der Waals surface area contributed by atoms with Crippen molar-refractivity contribution in [3.63, 3.8) is 0 Å². The van der Waals surface area contributed by atoms with E-state index in [2.05, 4.69) is 6.92 Å². The number of hydrogen-bond acceptors (Lipinski definition) is 1. The normalized spacial score (nSPS) is 47.7. The monoisotopic (exact) mass is 264 g/mol. The molecule has 3 aliphatic rings. The summed E-state index contributed by atoms with van der Waals surface area (Å²) in [6.07, 6.45) is 15.4. The second kappa shape index (κ2) is 6.16. The van der Waals surface area contributed by atoms with E-state index < -0.39 is 0 Å². The minimum Gasteiger partial charge on any atom is -0.393 e. The zero-order chi connectivity index (χ0) is 13.2. The third-order valence-electron chi connectivity index (χ3n) is 6.76. The van der Waals surface area contributed by atoms with Crippen LogP contribution in [0.4, 0.5) is 0 Å². The van der Waals surface area contributed by atoms with Crippen LogP contribution in [-0.4, -0.2) is 11.2 Å². The zero-order valence-corrected chi connectivity index (χ0v) is 12.7. The second-order valence-corrected chi connectivity index (χ2v) is 7.75. The Hall–Kier alpha value is -0.0400. The van der Waals surface area contributed by atoms with Gasteiger partial charge in [0.05, 0.1) is 6.10 Å². The largest absolute Gasteiger partial charge is 0.393 e. The quantitative estimate of drug-likeness (QED) is 0.761. The Morgan fingerprint density at radius 1 is 0.684 bits per heavy atom. The topological polar surface area (TPSA) is 20.2 Å². The summed E-state index contributed by atoms with van der Waals surface area (Å²) in [6.45, 7) is 2.36. The molecule has 0 saturated heterocycles. The molecule has 0 spiro atoms. The molecule has 3 fully saturated rings. The summed E-state index contributed by atoms with van der Waals surface area (Å²) >= 11 is 0. The molecule has 0 aliphatic heterocycles. The lowest BCUT2D eigenvalue weighted by atomic mass is 9.62. The summed E-state index contributed by atoms with van der Waals surface area (Å²) in [5.74, 6) is 4.96. The van der Waals surface area contributed by atoms with E-state index >= 15 is 0 Å². The van der Waals surface area contributed by atoms with Gasteiger partial charge in [0.25, 0.3) is 0 Å². The van der Waals surface area contributed by atoms with Gasteiger partial charge in [-0.05, 0) is 81.0 Å². The molecule has 0 aromatic rings. The predicted octanol–water partition coefficient (Wildman–Crippen LogP) is 4.78. The first-order valence-electron chi connectivity index (χ1n) is 8.94. The molecule has 1 heteroatoms. The summed E-state index contributed by atoms with van der Waals surface area (Å²) in [6, 6.07) is 0. The first-order chi connectivity index (χ1) is 9.26. The molecule has 1 N–H and O–H groups in total. The lowest BCUT2D eigenvalue weighted by molar-refractivity contribution is 0.0191. The van der Waals surface area contributed by atoms with E-state index in [1.165, 1.54) is 57.8 Å². The molecule has 4 unspecified atom stereocenters. The van der Waals surface area contributed by atoms with E-state index in [-0.39, 0.29) is 6.10 Å². The van der Waals surface area contributed by atoms with Crippen molar-refractivity contribution in [2.45, 2.75) is 83.7 Å². The molecular formula is C18H32O. The first kappa shape index (κ1) is 13.9. The van der Waals surface area contributed by atoms with Crippen LogP contribution in [0.5, 0.6) is 0 Å². The van der Waals surface area contributed by atoms with Crippen molar-refractivity contribution in [3.05, 3.63) is 0 Å². The second-order valence-electron chi connectivity index (χ2n) is 7.75. The fraction of sp³-hybridized carbons (Fsp3) is 1.00. The lowest BCUT2D eigenvalue weighted by Crippen LogP contribution is -2.35. The number of hydrogen-bond donors (Lipinski definition) is 1. The average molecular weight is 264 g/mol. The van der Waals surface area contributed by atoms with Gasteiger partial charge in [-0.1, -0.05) is 26.2 Å². The fourth-order valence-corrected chi connectivity index (χ4v) is 5.40. The molecule has 0 aromatic heterocycles. The van der Waals surface area contributed by atoms with Gasteiger partial charge in [-0.15, -0.1) is 0 Å². The van der Waals surface area contributed by atoms with Gasteiger partial charge in [0.15, 0.2) is 0 Å². The van der Waals surface area contributed by atoms with Crippen molar-refractivity contribution in [1.82, 2.24) is 0 Å². The molecule has 0 aromatic carbocycles. The Balaban J connectivity index is 1.51. The van der Waals surface area contributed by atoms with Crippen molar-refractivity contribution in [2.24, 2.45) is 29.6 Å². The molecule has 3 saturated carbocycles. The molecule has 0 radical (unpaired) electrons. The van der Waals surface area contributed by atoms with Gasteiger partial charge in [-0.3, -0.25) is 0 Å². The van der Waals surface area contributed by atoms with Crippen LogP contribution in [0.15, 0.2) is 0 Å². The van der Waals surface area contributed by atoms with Gasteiger partial charge in [-0.25, -0.2) is 0 Å². The van der Waals surface area contributed by atoms with E-state index in [9.17, 15) is 5.11 Å². The SMILES string of the molecule is CCC1CCC(C2CCC3CC(O)CCC3C2)CC1. The zero-order valence-electron chi connectivity index (χ0n) is 12.7. The fourth-order valence-electron chi connectivity index (χ4n) is 5.40. The molecule has 0 bridgehead atoms. The Labute approximate surface area is 119 Å². The van der Waals surface area contributed by atoms with Crippen LogP contribution in [0.25, 0.3) is 0 Å². The highest BCUT2D eigenvalue weighted by Crippen LogP contribution is 2.48. The maximum Gasteiger partial charge on any atom is 0.0543 e. The molecule has 3 rings (SSSR count). The number of fused-ring (bicyclic) bond motifs is 1. The van der Waals surface area contributed by atoms with Gasteiger partial charge in [0.1, 0.15) is 0 Å². The third-order valence-corrected chi connectivity index (χ3v) is 6.76. The van der Waals surface area contributed by atoms with Gasteiger partial charge in [0.2, 0.25) is 0 Å². The van der Waals surface area contributed by atoms with Crippen molar-refractivity contribution in [1.29, 1.82) is 0 Å². The van der Waals surface area contributed by atoms with Gasteiger partial charge < -0.3 is 5.11 Å². The molecule has 110 valence electrons. The van der Waals surface area contributed by atoms with Crippen LogP contribution in [0.3, 0.4) is 0 Å². The smallest absolute Gasteiger partial charge is 0.0543 e. The lowest BCUT2D eigenvalue weighted by Gasteiger charge is -2.44. The van der Waals surface area contributed by atoms with Crippen molar-refractivity contribution in [3.8, 4) is 0 Å². The van der Waals surface area contributed by atoms with E-state index in [1.807, 2.05) is 0 Å². The highest BCUT2D eigenvalue weighted by atomic mass is 16.3. The van der Waals surface area contributed by atoms with E-state index in [1.54, 1.807) is 0 Å². The highest BCUT2D eigenvalue weighted by Gasteiger charge is 2.38. The Kier molecular flexibility index (Phi) is 4.51. The third kappa shape index (κ3) is 3.17. The van der Waals surface area contributed by atoms with Crippen LogP contribution in [0.1, 0.15) is 77.6 Å². The van der Waals surface area contributed by atoms with Crippen molar-refractivity contribution < 1.29 is 5.11 Å². The van der Waals surface area contributed by atoms with Crippen LogP contribution in [-0.2, 0) is 0 Å².